The number of aryl methyl sites for hydroxylation is 1. The molecule has 1 unspecified atom stereocenters. The lowest BCUT2D eigenvalue weighted by Gasteiger charge is -2.29. The van der Waals surface area contributed by atoms with Crippen molar-refractivity contribution >= 4 is 0 Å². The summed E-state index contributed by atoms with van der Waals surface area (Å²) in [5.41, 5.74) is 1.11. The van der Waals surface area contributed by atoms with E-state index in [-0.39, 0.29) is 12.1 Å². The normalized spacial score (nSPS) is 17.8. The van der Waals surface area contributed by atoms with Crippen LogP contribution in [0.2, 0.25) is 0 Å². The van der Waals surface area contributed by atoms with Crippen LogP contribution in [0.15, 0.2) is 24.3 Å². The average molecular weight is 277 g/mol. The van der Waals surface area contributed by atoms with Crippen molar-refractivity contribution < 1.29 is 9.84 Å². The summed E-state index contributed by atoms with van der Waals surface area (Å²) >= 11 is 0. The Bertz CT molecular complexity index is 417. The zero-order valence-corrected chi connectivity index (χ0v) is 12.7. The molecule has 1 aliphatic carbocycles. The lowest BCUT2D eigenvalue weighted by atomic mass is 9.95. The van der Waals surface area contributed by atoms with Gasteiger partial charge in [0.25, 0.3) is 0 Å². The summed E-state index contributed by atoms with van der Waals surface area (Å²) in [6, 6.07) is 8.79. The first-order chi connectivity index (χ1) is 9.61. The Balaban J connectivity index is 1.62. The molecule has 0 spiro atoms. The van der Waals surface area contributed by atoms with Crippen LogP contribution in [0, 0.1) is 6.92 Å². The van der Waals surface area contributed by atoms with Gasteiger partial charge in [0.15, 0.2) is 0 Å². The molecule has 1 atom stereocenters. The molecule has 2 rings (SSSR count). The fourth-order valence-electron chi connectivity index (χ4n) is 2.43. The minimum atomic E-state index is -0.121. The van der Waals surface area contributed by atoms with Crippen LogP contribution >= 0.6 is 0 Å². The fourth-order valence-corrected chi connectivity index (χ4v) is 2.43. The highest BCUT2D eigenvalue weighted by molar-refractivity contribution is 5.27. The van der Waals surface area contributed by atoms with Gasteiger partial charge in [0.2, 0.25) is 0 Å². The summed E-state index contributed by atoms with van der Waals surface area (Å²) in [7, 11) is 0. The van der Waals surface area contributed by atoms with Crippen LogP contribution in [0.1, 0.15) is 44.6 Å². The Hall–Kier alpha value is -1.06. The summed E-state index contributed by atoms with van der Waals surface area (Å²) in [6.07, 6.45) is 5.60. The van der Waals surface area contributed by atoms with Gasteiger partial charge in [0.1, 0.15) is 5.75 Å². The molecule has 1 aromatic carbocycles. The largest absolute Gasteiger partial charge is 0.494 e. The molecule has 2 N–H and O–H groups in total. The molecule has 20 heavy (non-hydrogen) atoms. The summed E-state index contributed by atoms with van der Waals surface area (Å²) in [5.74, 6) is 0.950. The Labute approximate surface area is 122 Å². The number of nitrogens with one attached hydrogen (secondary N) is 1. The second-order valence-corrected chi connectivity index (χ2v) is 6.26. The number of rotatable bonds is 9. The van der Waals surface area contributed by atoms with Crippen molar-refractivity contribution in [1.82, 2.24) is 5.32 Å². The highest BCUT2D eigenvalue weighted by Crippen LogP contribution is 2.25. The van der Waals surface area contributed by atoms with Crippen molar-refractivity contribution in [3.8, 4) is 5.75 Å². The van der Waals surface area contributed by atoms with E-state index < -0.39 is 0 Å². The van der Waals surface area contributed by atoms with Crippen molar-refractivity contribution in [3.63, 3.8) is 0 Å². The number of aliphatic hydroxyl groups excluding tert-OH is 1. The standard InChI is InChI=1S/C17H27NO2/c1-14-6-5-7-16(12-14)20-11-4-3-10-17(2,13-19)18-15-8-9-15/h5-7,12,15,18-19H,3-4,8-11,13H2,1-2H3. The average Bonchev–Trinajstić information content (AvgIpc) is 3.22. The van der Waals surface area contributed by atoms with Gasteiger partial charge >= 0.3 is 0 Å². The smallest absolute Gasteiger partial charge is 0.119 e. The van der Waals surface area contributed by atoms with E-state index in [1.165, 1.54) is 18.4 Å². The number of unbranched alkanes of at least 4 members (excludes halogenated alkanes) is 1. The summed E-state index contributed by atoms with van der Waals surface area (Å²) in [5, 5.41) is 13.1. The molecule has 112 valence electrons. The van der Waals surface area contributed by atoms with E-state index in [4.69, 9.17) is 4.74 Å². The third-order valence-electron chi connectivity index (χ3n) is 3.86. The first-order valence-corrected chi connectivity index (χ1v) is 7.69. The predicted octanol–water partition coefficient (Wildman–Crippen LogP) is 3.05. The minimum absolute atomic E-state index is 0.121. The number of ether oxygens (including phenoxy) is 1. The maximum atomic E-state index is 9.53. The van der Waals surface area contributed by atoms with Gasteiger partial charge in [-0.1, -0.05) is 12.1 Å². The van der Waals surface area contributed by atoms with Gasteiger partial charge in [-0.25, -0.2) is 0 Å². The van der Waals surface area contributed by atoms with Gasteiger partial charge in [-0.05, 0) is 63.6 Å². The van der Waals surface area contributed by atoms with Gasteiger partial charge in [-0.15, -0.1) is 0 Å². The van der Waals surface area contributed by atoms with Crippen molar-refractivity contribution in [3.05, 3.63) is 29.8 Å². The van der Waals surface area contributed by atoms with E-state index in [1.807, 2.05) is 12.1 Å². The van der Waals surface area contributed by atoms with Gasteiger partial charge in [-0.3, -0.25) is 0 Å². The van der Waals surface area contributed by atoms with Crippen molar-refractivity contribution in [2.75, 3.05) is 13.2 Å². The highest BCUT2D eigenvalue weighted by atomic mass is 16.5. The maximum Gasteiger partial charge on any atom is 0.119 e. The topological polar surface area (TPSA) is 41.5 Å². The van der Waals surface area contributed by atoms with Crippen LogP contribution in [-0.2, 0) is 0 Å². The van der Waals surface area contributed by atoms with Crippen LogP contribution in [0.25, 0.3) is 0 Å². The first-order valence-electron chi connectivity index (χ1n) is 7.69. The third kappa shape index (κ3) is 5.14. The van der Waals surface area contributed by atoms with Crippen LogP contribution < -0.4 is 10.1 Å². The second-order valence-electron chi connectivity index (χ2n) is 6.26. The van der Waals surface area contributed by atoms with Crippen molar-refractivity contribution in [2.24, 2.45) is 0 Å². The minimum Gasteiger partial charge on any atom is -0.494 e. The van der Waals surface area contributed by atoms with E-state index in [9.17, 15) is 5.11 Å². The van der Waals surface area contributed by atoms with Gasteiger partial charge in [0, 0.05) is 11.6 Å². The third-order valence-corrected chi connectivity index (χ3v) is 3.86. The SMILES string of the molecule is Cc1cccc(OCCCCC(C)(CO)NC2CC2)c1. The predicted molar refractivity (Wildman–Crippen MR) is 82.2 cm³/mol. The van der Waals surface area contributed by atoms with Crippen LogP contribution in [0.3, 0.4) is 0 Å². The quantitative estimate of drug-likeness (QED) is 0.682. The molecule has 0 bridgehead atoms. The number of benzene rings is 1. The molecule has 0 amide bonds. The van der Waals surface area contributed by atoms with Crippen molar-refractivity contribution in [1.29, 1.82) is 0 Å². The Morgan fingerprint density at radius 3 is 2.80 bits per heavy atom. The molecule has 1 aliphatic rings. The molecule has 0 aliphatic heterocycles. The van der Waals surface area contributed by atoms with Crippen LogP contribution in [-0.4, -0.2) is 29.9 Å². The monoisotopic (exact) mass is 277 g/mol. The van der Waals surface area contributed by atoms with E-state index in [0.717, 1.165) is 31.6 Å². The second kappa shape index (κ2) is 7.09. The van der Waals surface area contributed by atoms with E-state index in [2.05, 4.69) is 31.3 Å². The molecule has 1 fully saturated rings. The molecule has 3 nitrogen and oxygen atoms in total. The summed E-state index contributed by atoms with van der Waals surface area (Å²) in [6.45, 7) is 5.15. The maximum absolute atomic E-state index is 9.53. The van der Waals surface area contributed by atoms with Gasteiger partial charge in [0.05, 0.1) is 13.2 Å². The summed E-state index contributed by atoms with van der Waals surface area (Å²) < 4.78 is 5.75. The van der Waals surface area contributed by atoms with Crippen LogP contribution in [0.4, 0.5) is 0 Å². The lowest BCUT2D eigenvalue weighted by molar-refractivity contribution is 0.158. The molecule has 1 saturated carbocycles. The molecule has 0 saturated heterocycles. The fraction of sp³-hybridized carbons (Fsp3) is 0.647. The van der Waals surface area contributed by atoms with E-state index in [0.29, 0.717) is 6.04 Å². The van der Waals surface area contributed by atoms with Gasteiger partial charge < -0.3 is 15.2 Å². The van der Waals surface area contributed by atoms with E-state index in [1.54, 1.807) is 0 Å². The molecule has 3 heteroatoms. The number of aliphatic hydroxyl groups is 1. The van der Waals surface area contributed by atoms with E-state index >= 15 is 0 Å². The Kier molecular flexibility index (Phi) is 5.44. The highest BCUT2D eigenvalue weighted by Gasteiger charge is 2.31. The molecule has 0 radical (unpaired) electrons. The zero-order chi connectivity index (χ0) is 14.4. The zero-order valence-electron chi connectivity index (χ0n) is 12.7. The molecule has 0 aromatic heterocycles. The molecular weight excluding hydrogens is 250 g/mol. The first kappa shape index (κ1) is 15.3. The Morgan fingerprint density at radius 2 is 2.15 bits per heavy atom. The lowest BCUT2D eigenvalue weighted by Crippen LogP contribution is -2.46. The summed E-state index contributed by atoms with van der Waals surface area (Å²) in [4.78, 5) is 0. The van der Waals surface area contributed by atoms with Crippen LogP contribution in [0.5, 0.6) is 5.75 Å². The van der Waals surface area contributed by atoms with Gasteiger partial charge in [-0.2, -0.15) is 0 Å². The Morgan fingerprint density at radius 1 is 1.35 bits per heavy atom. The number of hydrogen-bond donors (Lipinski definition) is 2. The molecule has 0 heterocycles. The van der Waals surface area contributed by atoms with Crippen molar-refractivity contribution in [2.45, 2.75) is 57.5 Å². The molecular formula is C17H27NO2. The number of hydrogen-bond acceptors (Lipinski definition) is 3. The molecule has 1 aromatic rings.